The number of carbonyl (C=O) groups is 2. The number of esters is 1. The van der Waals surface area contributed by atoms with Gasteiger partial charge < -0.3 is 23.3 Å². The summed E-state index contributed by atoms with van der Waals surface area (Å²) in [6.07, 6.45) is 3.40. The number of nitrogens with zero attached hydrogens (tertiary/aromatic N) is 1. The summed E-state index contributed by atoms with van der Waals surface area (Å²) in [6.45, 7) is 5.79. The molecule has 0 bridgehead atoms. The molecule has 0 aromatic heterocycles. The Labute approximate surface area is 206 Å². The highest BCUT2D eigenvalue weighted by Gasteiger charge is 2.31. The summed E-state index contributed by atoms with van der Waals surface area (Å²) >= 11 is 0. The average Bonchev–Trinajstić information content (AvgIpc) is 2.78. The maximum atomic E-state index is 12.4. The van der Waals surface area contributed by atoms with Gasteiger partial charge >= 0.3 is 16.1 Å². The molecule has 2 aromatic carbocycles. The number of anilines is 1. The highest BCUT2D eigenvalue weighted by Crippen LogP contribution is 2.36. The Kier molecular flexibility index (Phi) is 8.26. The first-order chi connectivity index (χ1) is 16.5. The van der Waals surface area contributed by atoms with E-state index in [2.05, 4.69) is 0 Å². The van der Waals surface area contributed by atoms with E-state index in [9.17, 15) is 18.0 Å². The largest absolute Gasteiger partial charge is 0.481 e. The first-order valence-electron chi connectivity index (χ1n) is 11.4. The van der Waals surface area contributed by atoms with Gasteiger partial charge in [-0.25, -0.2) is 4.79 Å². The Morgan fingerprint density at radius 2 is 1.77 bits per heavy atom. The molecule has 0 atom stereocenters. The second kappa shape index (κ2) is 11.0. The lowest BCUT2D eigenvalue weighted by Crippen LogP contribution is -2.39. The smallest absolute Gasteiger partial charge is 0.349 e. The Morgan fingerprint density at radius 1 is 1.09 bits per heavy atom. The van der Waals surface area contributed by atoms with Crippen molar-refractivity contribution < 1.29 is 36.4 Å². The summed E-state index contributed by atoms with van der Waals surface area (Å²) in [6, 6.07) is 12.2. The maximum absolute atomic E-state index is 12.4. The number of unbranched alkanes of at least 4 members (excludes halogenated alkanes) is 1. The van der Waals surface area contributed by atoms with E-state index in [0.717, 1.165) is 31.1 Å². The van der Waals surface area contributed by atoms with Gasteiger partial charge in [0.15, 0.2) is 12.2 Å². The van der Waals surface area contributed by atoms with E-state index in [-0.39, 0.29) is 18.3 Å². The highest BCUT2D eigenvalue weighted by atomic mass is 32.2. The molecular weight excluding hydrogens is 474 g/mol. The number of aryl methyl sites for hydroxylation is 1. The fourth-order valence-corrected chi connectivity index (χ4v) is 4.07. The molecule has 35 heavy (non-hydrogen) atoms. The number of carbonyl (C=O) groups excluding carboxylic acids is 2. The minimum absolute atomic E-state index is 0.112. The average molecular weight is 506 g/mol. The monoisotopic (exact) mass is 505 g/mol. The van der Waals surface area contributed by atoms with Crippen LogP contribution in [0.1, 0.15) is 39.2 Å². The molecule has 1 aliphatic rings. The Hall–Kier alpha value is -3.27. The van der Waals surface area contributed by atoms with Crippen LogP contribution in [0.25, 0.3) is 0 Å². The van der Waals surface area contributed by atoms with Crippen molar-refractivity contribution in [2.75, 3.05) is 30.9 Å². The molecule has 0 unspecified atom stereocenters. The molecule has 0 N–H and O–H groups in total. The van der Waals surface area contributed by atoms with Crippen LogP contribution in [0.15, 0.2) is 42.5 Å². The van der Waals surface area contributed by atoms with Gasteiger partial charge in [-0.15, -0.1) is 0 Å². The molecule has 1 heterocycles. The van der Waals surface area contributed by atoms with Crippen molar-refractivity contribution in [1.82, 2.24) is 0 Å². The van der Waals surface area contributed by atoms with Gasteiger partial charge in [-0.3, -0.25) is 4.79 Å². The van der Waals surface area contributed by atoms with Gasteiger partial charge in [0, 0.05) is 12.6 Å². The Bertz CT molecular complexity index is 1160. The number of benzene rings is 2. The molecule has 1 amide bonds. The number of hydrogen-bond donors (Lipinski definition) is 0. The van der Waals surface area contributed by atoms with Crippen LogP contribution in [-0.2, 0) is 30.9 Å². The van der Waals surface area contributed by atoms with Crippen LogP contribution in [0.4, 0.5) is 5.69 Å². The molecule has 190 valence electrons. The number of amides is 1. The number of ether oxygens (including phenoxy) is 3. The van der Waals surface area contributed by atoms with Crippen molar-refractivity contribution in [2.45, 2.75) is 45.6 Å². The topological polar surface area (TPSA) is 108 Å². The van der Waals surface area contributed by atoms with Gasteiger partial charge in [0.05, 0.1) is 18.6 Å². The van der Waals surface area contributed by atoms with Crippen LogP contribution in [0.2, 0.25) is 0 Å². The van der Waals surface area contributed by atoms with Gasteiger partial charge in [-0.05, 0) is 69.9 Å². The molecular formula is C25H31NO8S. The van der Waals surface area contributed by atoms with E-state index in [1.165, 1.54) is 12.1 Å². The van der Waals surface area contributed by atoms with Gasteiger partial charge in [-0.2, -0.15) is 8.42 Å². The van der Waals surface area contributed by atoms with Gasteiger partial charge in [0.25, 0.3) is 5.91 Å². The normalized spacial score (nSPS) is 13.6. The zero-order chi connectivity index (χ0) is 25.6. The highest BCUT2D eigenvalue weighted by molar-refractivity contribution is 7.86. The third-order valence-electron chi connectivity index (χ3n) is 5.28. The minimum atomic E-state index is -3.65. The van der Waals surface area contributed by atoms with E-state index < -0.39 is 21.7 Å². The number of fused-ring (bicyclic) bond motifs is 1. The quantitative estimate of drug-likeness (QED) is 0.259. The van der Waals surface area contributed by atoms with E-state index in [0.29, 0.717) is 30.3 Å². The van der Waals surface area contributed by atoms with Crippen LogP contribution in [0, 0.1) is 0 Å². The van der Waals surface area contributed by atoms with Crippen molar-refractivity contribution in [3.05, 3.63) is 48.0 Å². The fraction of sp³-hybridized carbons (Fsp3) is 0.440. The van der Waals surface area contributed by atoms with E-state index in [1.807, 2.05) is 24.3 Å². The summed E-state index contributed by atoms with van der Waals surface area (Å²) in [4.78, 5) is 26.1. The van der Waals surface area contributed by atoms with Crippen molar-refractivity contribution in [3.63, 3.8) is 0 Å². The Balaban J connectivity index is 1.53. The van der Waals surface area contributed by atoms with Crippen LogP contribution in [0.3, 0.4) is 0 Å². The molecule has 10 heteroatoms. The number of hydrogen-bond acceptors (Lipinski definition) is 8. The number of rotatable bonds is 11. The summed E-state index contributed by atoms with van der Waals surface area (Å²) in [5.41, 5.74) is 0.631. The summed E-state index contributed by atoms with van der Waals surface area (Å²) < 4.78 is 43.9. The standard InChI is InChI=1S/C25H31NO8S/c1-5-31-24(28)25(2,3)33-19-11-9-18(10-12-19)8-6-7-15-26-21-14-13-20(34-35(4,29)30)16-22(21)32-17-23(26)27/h9-14,16H,5-8,15,17H2,1-4H3. The van der Waals surface area contributed by atoms with Crippen molar-refractivity contribution in [3.8, 4) is 17.2 Å². The third-order valence-corrected chi connectivity index (χ3v) is 5.78. The molecule has 9 nitrogen and oxygen atoms in total. The van der Waals surface area contributed by atoms with Gasteiger partial charge in [0.1, 0.15) is 17.2 Å². The predicted molar refractivity (Wildman–Crippen MR) is 130 cm³/mol. The molecule has 0 fully saturated rings. The SMILES string of the molecule is CCOC(=O)C(C)(C)Oc1ccc(CCCCN2C(=O)COc3cc(OS(C)(=O)=O)ccc32)cc1. The molecule has 3 rings (SSSR count). The first-order valence-corrected chi connectivity index (χ1v) is 13.2. The molecule has 0 saturated heterocycles. The lowest BCUT2D eigenvalue weighted by molar-refractivity contribution is -0.158. The molecule has 1 aliphatic heterocycles. The van der Waals surface area contributed by atoms with Crippen molar-refractivity contribution >= 4 is 27.7 Å². The van der Waals surface area contributed by atoms with Crippen LogP contribution >= 0.6 is 0 Å². The molecule has 0 aliphatic carbocycles. The zero-order valence-electron chi connectivity index (χ0n) is 20.4. The van der Waals surface area contributed by atoms with Crippen molar-refractivity contribution in [2.24, 2.45) is 0 Å². The lowest BCUT2D eigenvalue weighted by atomic mass is 10.1. The van der Waals surface area contributed by atoms with Gasteiger partial charge in [-0.1, -0.05) is 12.1 Å². The predicted octanol–water partition coefficient (Wildman–Crippen LogP) is 3.49. The molecule has 2 aromatic rings. The molecule has 0 spiro atoms. The van der Waals surface area contributed by atoms with E-state index in [1.54, 1.807) is 31.7 Å². The molecule has 0 saturated carbocycles. The van der Waals surface area contributed by atoms with Crippen molar-refractivity contribution in [1.29, 1.82) is 0 Å². The second-order valence-corrected chi connectivity index (χ2v) is 10.3. The first kappa shape index (κ1) is 26.3. The second-order valence-electron chi connectivity index (χ2n) is 8.68. The Morgan fingerprint density at radius 3 is 2.43 bits per heavy atom. The van der Waals surface area contributed by atoms with Crippen LogP contribution in [0.5, 0.6) is 17.2 Å². The van der Waals surface area contributed by atoms with E-state index in [4.69, 9.17) is 18.4 Å². The van der Waals surface area contributed by atoms with Crippen LogP contribution < -0.4 is 18.6 Å². The third kappa shape index (κ3) is 7.35. The lowest BCUT2D eigenvalue weighted by Gasteiger charge is -2.29. The van der Waals surface area contributed by atoms with Gasteiger partial charge in [0.2, 0.25) is 0 Å². The zero-order valence-corrected chi connectivity index (χ0v) is 21.2. The minimum Gasteiger partial charge on any atom is -0.481 e. The summed E-state index contributed by atoms with van der Waals surface area (Å²) in [7, 11) is -3.65. The van der Waals surface area contributed by atoms with E-state index >= 15 is 0 Å². The summed E-state index contributed by atoms with van der Waals surface area (Å²) in [5, 5.41) is 0. The maximum Gasteiger partial charge on any atom is 0.349 e. The summed E-state index contributed by atoms with van der Waals surface area (Å²) in [5.74, 6) is 0.565. The fourth-order valence-electron chi connectivity index (χ4n) is 3.62. The molecule has 0 radical (unpaired) electrons. The van der Waals surface area contributed by atoms with Crippen LogP contribution in [-0.4, -0.2) is 51.9 Å².